The molecule has 0 bridgehead atoms. The maximum atomic E-state index is 10.7. The molecule has 3 heteroatoms. The summed E-state index contributed by atoms with van der Waals surface area (Å²) in [6.45, 7) is 5.37. The van der Waals surface area contributed by atoms with Crippen molar-refractivity contribution in [3.63, 3.8) is 0 Å². The molecule has 0 aliphatic heterocycles. The summed E-state index contributed by atoms with van der Waals surface area (Å²) in [5, 5.41) is 18.3. The Hall–Kier alpha value is -1.51. The second-order valence-electron chi connectivity index (χ2n) is 4.01. The second-order valence-corrected chi connectivity index (χ2v) is 4.01. The number of hydrogen-bond acceptors (Lipinski definition) is 2. The van der Waals surface area contributed by atoms with Crippen LogP contribution >= 0.6 is 0 Å². The van der Waals surface area contributed by atoms with E-state index < -0.39 is 11.9 Å². The van der Waals surface area contributed by atoms with Gasteiger partial charge in [0.25, 0.3) is 0 Å². The summed E-state index contributed by atoms with van der Waals surface area (Å²) in [5.74, 6) is -0.924. The van der Waals surface area contributed by atoms with E-state index >= 15 is 0 Å². The maximum Gasteiger partial charge on any atom is 0.306 e. The number of aromatic hydroxyl groups is 1. The summed E-state index contributed by atoms with van der Waals surface area (Å²) < 4.78 is 0. The topological polar surface area (TPSA) is 57.5 Å². The first-order valence-corrected chi connectivity index (χ1v) is 4.93. The highest BCUT2D eigenvalue weighted by atomic mass is 16.4. The lowest BCUT2D eigenvalue weighted by Crippen LogP contribution is -2.13. The molecule has 0 saturated carbocycles. The highest BCUT2D eigenvalue weighted by molar-refractivity contribution is 5.70. The average Bonchev–Trinajstić information content (AvgIpc) is 2.13. The molecule has 0 spiro atoms. The number of carboxylic acid groups (broad SMARTS) is 1. The molecule has 0 radical (unpaired) electrons. The molecule has 0 heterocycles. The molecule has 3 nitrogen and oxygen atoms in total. The molecule has 0 amide bonds. The van der Waals surface area contributed by atoms with Gasteiger partial charge in [0.05, 0.1) is 5.92 Å². The van der Waals surface area contributed by atoms with Crippen LogP contribution in [0.3, 0.4) is 0 Å². The molecule has 1 rings (SSSR count). The Bertz CT molecular complexity index is 383. The predicted molar refractivity (Wildman–Crippen MR) is 58.1 cm³/mol. The Morgan fingerprint density at radius 1 is 1.33 bits per heavy atom. The van der Waals surface area contributed by atoms with Crippen molar-refractivity contribution in [3.05, 3.63) is 28.8 Å². The van der Waals surface area contributed by atoms with Gasteiger partial charge in [0.15, 0.2) is 0 Å². The van der Waals surface area contributed by atoms with Crippen molar-refractivity contribution >= 4 is 5.97 Å². The van der Waals surface area contributed by atoms with Crippen molar-refractivity contribution < 1.29 is 15.0 Å². The minimum absolute atomic E-state index is 0.263. The van der Waals surface area contributed by atoms with E-state index in [9.17, 15) is 9.90 Å². The first kappa shape index (κ1) is 11.6. The monoisotopic (exact) mass is 208 g/mol. The van der Waals surface area contributed by atoms with Crippen LogP contribution in [-0.4, -0.2) is 16.2 Å². The number of carbonyl (C=O) groups is 1. The van der Waals surface area contributed by atoms with E-state index in [0.717, 1.165) is 16.7 Å². The van der Waals surface area contributed by atoms with Crippen LogP contribution in [0.2, 0.25) is 0 Å². The zero-order valence-corrected chi connectivity index (χ0v) is 9.24. The molecule has 0 aromatic heterocycles. The van der Waals surface area contributed by atoms with E-state index in [1.54, 1.807) is 13.0 Å². The fourth-order valence-electron chi connectivity index (χ4n) is 1.50. The van der Waals surface area contributed by atoms with Gasteiger partial charge in [0.1, 0.15) is 5.75 Å². The van der Waals surface area contributed by atoms with Crippen molar-refractivity contribution in [2.24, 2.45) is 5.92 Å². The number of phenolic OH excluding ortho intramolecular Hbond substituents is 1. The molecule has 82 valence electrons. The van der Waals surface area contributed by atoms with E-state index in [-0.39, 0.29) is 5.75 Å². The van der Waals surface area contributed by atoms with E-state index in [2.05, 4.69) is 0 Å². The molecular formula is C12H16O3. The molecular weight excluding hydrogens is 192 g/mol. The van der Waals surface area contributed by atoms with Crippen LogP contribution in [-0.2, 0) is 11.2 Å². The molecule has 0 saturated heterocycles. The normalized spacial score (nSPS) is 12.5. The maximum absolute atomic E-state index is 10.7. The average molecular weight is 208 g/mol. The molecule has 1 atom stereocenters. The van der Waals surface area contributed by atoms with Gasteiger partial charge in [-0.1, -0.05) is 13.0 Å². The first-order chi connectivity index (χ1) is 6.91. The van der Waals surface area contributed by atoms with Gasteiger partial charge in [-0.25, -0.2) is 0 Å². The second kappa shape index (κ2) is 4.34. The van der Waals surface area contributed by atoms with E-state index in [0.29, 0.717) is 6.42 Å². The van der Waals surface area contributed by atoms with Crippen molar-refractivity contribution in [1.29, 1.82) is 0 Å². The van der Waals surface area contributed by atoms with E-state index in [4.69, 9.17) is 5.11 Å². The summed E-state index contributed by atoms with van der Waals surface area (Å²) >= 11 is 0. The molecule has 0 aliphatic rings. The van der Waals surface area contributed by atoms with Gasteiger partial charge in [-0.15, -0.1) is 0 Å². The Morgan fingerprint density at radius 3 is 2.47 bits per heavy atom. The Morgan fingerprint density at radius 2 is 1.93 bits per heavy atom. The van der Waals surface area contributed by atoms with Crippen LogP contribution in [0.15, 0.2) is 12.1 Å². The minimum atomic E-state index is -0.792. The van der Waals surface area contributed by atoms with Crippen LogP contribution in [0.4, 0.5) is 0 Å². The fourth-order valence-corrected chi connectivity index (χ4v) is 1.50. The molecule has 15 heavy (non-hydrogen) atoms. The minimum Gasteiger partial charge on any atom is -0.508 e. The van der Waals surface area contributed by atoms with Gasteiger partial charge in [0, 0.05) is 0 Å². The van der Waals surface area contributed by atoms with Crippen LogP contribution in [0.25, 0.3) is 0 Å². The van der Waals surface area contributed by atoms with Crippen LogP contribution < -0.4 is 0 Å². The number of rotatable bonds is 3. The number of carboxylic acids is 1. The lowest BCUT2D eigenvalue weighted by Gasteiger charge is -2.11. The molecule has 2 N–H and O–H groups in total. The lowest BCUT2D eigenvalue weighted by molar-refractivity contribution is -0.141. The number of hydrogen-bond donors (Lipinski definition) is 2. The van der Waals surface area contributed by atoms with Crippen molar-refractivity contribution in [2.45, 2.75) is 27.2 Å². The summed E-state index contributed by atoms with van der Waals surface area (Å²) in [5.41, 5.74) is 2.71. The van der Waals surface area contributed by atoms with Crippen molar-refractivity contribution in [3.8, 4) is 5.75 Å². The van der Waals surface area contributed by atoms with Gasteiger partial charge >= 0.3 is 5.97 Å². The number of phenols is 1. The van der Waals surface area contributed by atoms with Crippen LogP contribution in [0.5, 0.6) is 5.75 Å². The highest BCUT2D eigenvalue weighted by Gasteiger charge is 2.13. The third kappa shape index (κ3) is 2.72. The van der Waals surface area contributed by atoms with E-state index in [1.165, 1.54) is 0 Å². The Kier molecular flexibility index (Phi) is 3.35. The highest BCUT2D eigenvalue weighted by Crippen LogP contribution is 2.23. The van der Waals surface area contributed by atoms with Crippen molar-refractivity contribution in [1.82, 2.24) is 0 Å². The fraction of sp³-hybridized carbons (Fsp3) is 0.417. The molecule has 1 aromatic carbocycles. The van der Waals surface area contributed by atoms with Gasteiger partial charge < -0.3 is 10.2 Å². The van der Waals surface area contributed by atoms with Gasteiger partial charge in [-0.3, -0.25) is 4.79 Å². The standard InChI is InChI=1S/C12H16O3/c1-7-6-11(13)8(2)4-10(7)5-9(3)12(14)15/h4,6,9,13H,5H2,1-3H3,(H,14,15). The first-order valence-electron chi connectivity index (χ1n) is 4.93. The smallest absolute Gasteiger partial charge is 0.306 e. The quantitative estimate of drug-likeness (QED) is 0.801. The predicted octanol–water partition coefficient (Wildman–Crippen LogP) is 2.27. The molecule has 1 unspecified atom stereocenters. The SMILES string of the molecule is Cc1cc(CC(C)C(=O)O)c(C)cc1O. The molecule has 1 aromatic rings. The molecule has 0 aliphatic carbocycles. The molecule has 0 fully saturated rings. The lowest BCUT2D eigenvalue weighted by atomic mass is 9.95. The largest absolute Gasteiger partial charge is 0.508 e. The number of benzene rings is 1. The summed E-state index contributed by atoms with van der Waals surface area (Å²) in [4.78, 5) is 10.7. The van der Waals surface area contributed by atoms with Crippen molar-refractivity contribution in [2.75, 3.05) is 0 Å². The van der Waals surface area contributed by atoms with E-state index in [1.807, 2.05) is 19.9 Å². The summed E-state index contributed by atoms with van der Waals surface area (Å²) in [7, 11) is 0. The van der Waals surface area contributed by atoms with Gasteiger partial charge in [-0.05, 0) is 43.0 Å². The van der Waals surface area contributed by atoms with Gasteiger partial charge in [0.2, 0.25) is 0 Å². The zero-order valence-electron chi connectivity index (χ0n) is 9.24. The third-order valence-corrected chi connectivity index (χ3v) is 2.60. The number of aryl methyl sites for hydroxylation is 2. The summed E-state index contributed by atoms with van der Waals surface area (Å²) in [6, 6.07) is 3.53. The Labute approximate surface area is 89.4 Å². The van der Waals surface area contributed by atoms with Crippen LogP contribution in [0, 0.1) is 19.8 Å². The zero-order chi connectivity index (χ0) is 11.6. The number of aliphatic carboxylic acids is 1. The Balaban J connectivity index is 2.95. The van der Waals surface area contributed by atoms with Gasteiger partial charge in [-0.2, -0.15) is 0 Å². The van der Waals surface area contributed by atoms with Crippen LogP contribution in [0.1, 0.15) is 23.6 Å². The third-order valence-electron chi connectivity index (χ3n) is 2.60. The summed E-state index contributed by atoms with van der Waals surface area (Å²) in [6.07, 6.45) is 0.502.